The lowest BCUT2D eigenvalue weighted by atomic mass is 10.1. The van der Waals surface area contributed by atoms with Crippen molar-refractivity contribution in [3.8, 4) is 0 Å². The molecule has 0 unspecified atom stereocenters. The number of anilines is 2. The second-order valence-electron chi connectivity index (χ2n) is 7.08. The molecule has 1 saturated heterocycles. The Balaban J connectivity index is 1.62. The van der Waals surface area contributed by atoms with Crippen LogP contribution in [0.1, 0.15) is 17.5 Å². The van der Waals surface area contributed by atoms with E-state index in [1.165, 1.54) is 11.3 Å². The molecule has 4 N–H and O–H groups in total. The van der Waals surface area contributed by atoms with Crippen molar-refractivity contribution < 1.29 is 9.90 Å². The molecule has 3 rings (SSSR count). The Morgan fingerprint density at radius 3 is 2.61 bits per heavy atom. The van der Waals surface area contributed by atoms with Crippen molar-refractivity contribution in [2.75, 3.05) is 42.6 Å². The van der Waals surface area contributed by atoms with Crippen molar-refractivity contribution in [3.05, 3.63) is 53.7 Å². The average Bonchev–Trinajstić information content (AvgIpc) is 2.73. The van der Waals surface area contributed by atoms with Crippen molar-refractivity contribution in [1.82, 2.24) is 10.3 Å². The number of nitrogens with two attached hydrogens (primary N) is 1. The Labute approximate surface area is 166 Å². The first-order valence-electron chi connectivity index (χ1n) is 9.73. The van der Waals surface area contributed by atoms with Gasteiger partial charge in [0.25, 0.3) is 0 Å². The number of piperazine rings is 1. The van der Waals surface area contributed by atoms with Crippen LogP contribution >= 0.6 is 0 Å². The second-order valence-corrected chi connectivity index (χ2v) is 7.08. The first-order valence-corrected chi connectivity index (χ1v) is 9.73. The maximum absolute atomic E-state index is 12.0. The lowest BCUT2D eigenvalue weighted by molar-refractivity contribution is -0.122. The fourth-order valence-electron chi connectivity index (χ4n) is 3.51. The van der Waals surface area contributed by atoms with Gasteiger partial charge in [0, 0.05) is 56.8 Å². The third-order valence-electron chi connectivity index (χ3n) is 5.13. The van der Waals surface area contributed by atoms with Crippen LogP contribution in [0.3, 0.4) is 0 Å². The van der Waals surface area contributed by atoms with Crippen molar-refractivity contribution in [1.29, 1.82) is 0 Å². The van der Waals surface area contributed by atoms with E-state index < -0.39 is 6.04 Å². The van der Waals surface area contributed by atoms with Crippen molar-refractivity contribution in [2.45, 2.75) is 25.9 Å². The molecule has 1 aromatic heterocycles. The van der Waals surface area contributed by atoms with Gasteiger partial charge in [-0.3, -0.25) is 4.79 Å². The summed E-state index contributed by atoms with van der Waals surface area (Å²) in [5.74, 6) is 0.649. The number of carbonyl (C=O) groups is 1. The van der Waals surface area contributed by atoms with Crippen LogP contribution in [0.2, 0.25) is 0 Å². The Kier molecular flexibility index (Phi) is 6.84. The fourth-order valence-corrected chi connectivity index (χ4v) is 3.51. The summed E-state index contributed by atoms with van der Waals surface area (Å²) in [5.41, 5.74) is 9.29. The largest absolute Gasteiger partial charge is 0.396 e. The molecule has 0 aliphatic carbocycles. The van der Waals surface area contributed by atoms with Gasteiger partial charge < -0.3 is 26.0 Å². The van der Waals surface area contributed by atoms with Crippen molar-refractivity contribution in [3.63, 3.8) is 0 Å². The SMILES string of the molecule is Cc1ccccc1N1CCN(c2ncccc2CNC(=O)[C@@H](N)CCO)CC1. The molecule has 1 aliphatic rings. The van der Waals surface area contributed by atoms with Crippen LogP contribution in [0.5, 0.6) is 0 Å². The maximum atomic E-state index is 12.0. The number of benzene rings is 1. The molecule has 0 spiro atoms. The molecule has 7 nitrogen and oxygen atoms in total. The van der Waals surface area contributed by atoms with E-state index in [1.807, 2.05) is 12.1 Å². The molecule has 1 atom stereocenters. The fraction of sp³-hybridized carbons (Fsp3) is 0.429. The van der Waals surface area contributed by atoms with E-state index in [0.29, 0.717) is 6.54 Å². The molecular formula is C21H29N5O2. The summed E-state index contributed by atoms with van der Waals surface area (Å²) in [6, 6.07) is 11.6. The van der Waals surface area contributed by atoms with Crippen LogP contribution in [0.4, 0.5) is 11.5 Å². The topological polar surface area (TPSA) is 94.7 Å². The number of hydrogen-bond donors (Lipinski definition) is 3. The van der Waals surface area contributed by atoms with E-state index >= 15 is 0 Å². The van der Waals surface area contributed by atoms with Gasteiger partial charge in [0.1, 0.15) is 5.82 Å². The van der Waals surface area contributed by atoms with E-state index in [-0.39, 0.29) is 18.9 Å². The molecule has 0 radical (unpaired) electrons. The highest BCUT2D eigenvalue weighted by Gasteiger charge is 2.21. The van der Waals surface area contributed by atoms with Crippen LogP contribution in [0.15, 0.2) is 42.6 Å². The summed E-state index contributed by atoms with van der Waals surface area (Å²) in [7, 11) is 0. The Bertz CT molecular complexity index is 790. The minimum Gasteiger partial charge on any atom is -0.396 e. The minimum atomic E-state index is -0.692. The van der Waals surface area contributed by atoms with Gasteiger partial charge in [-0.1, -0.05) is 24.3 Å². The summed E-state index contributed by atoms with van der Waals surface area (Å²) >= 11 is 0. The smallest absolute Gasteiger partial charge is 0.237 e. The first kappa shape index (κ1) is 20.1. The zero-order valence-electron chi connectivity index (χ0n) is 16.3. The zero-order valence-corrected chi connectivity index (χ0v) is 16.3. The molecule has 150 valence electrons. The number of para-hydroxylation sites is 1. The summed E-state index contributed by atoms with van der Waals surface area (Å²) in [4.78, 5) is 21.3. The lowest BCUT2D eigenvalue weighted by Crippen LogP contribution is -2.47. The summed E-state index contributed by atoms with van der Waals surface area (Å²) in [6.45, 7) is 6.01. The molecule has 2 heterocycles. The first-order chi connectivity index (χ1) is 13.6. The summed E-state index contributed by atoms with van der Waals surface area (Å²) in [5, 5.41) is 11.8. The number of aromatic nitrogens is 1. The molecule has 0 saturated carbocycles. The number of aliphatic hydroxyl groups is 1. The highest BCUT2D eigenvalue weighted by Crippen LogP contribution is 2.24. The van der Waals surface area contributed by atoms with E-state index in [1.54, 1.807) is 6.20 Å². The number of aryl methyl sites for hydroxylation is 1. The Morgan fingerprint density at radius 2 is 1.89 bits per heavy atom. The van der Waals surface area contributed by atoms with Crippen LogP contribution in [0.25, 0.3) is 0 Å². The van der Waals surface area contributed by atoms with Crippen LogP contribution in [-0.2, 0) is 11.3 Å². The molecule has 1 aromatic carbocycles. The third-order valence-corrected chi connectivity index (χ3v) is 5.13. The number of hydrogen-bond acceptors (Lipinski definition) is 6. The van der Waals surface area contributed by atoms with Gasteiger partial charge in [-0.15, -0.1) is 0 Å². The van der Waals surface area contributed by atoms with Gasteiger partial charge in [0.15, 0.2) is 0 Å². The van der Waals surface area contributed by atoms with Gasteiger partial charge in [-0.2, -0.15) is 0 Å². The molecule has 1 aliphatic heterocycles. The maximum Gasteiger partial charge on any atom is 0.237 e. The number of nitrogens with one attached hydrogen (secondary N) is 1. The van der Waals surface area contributed by atoms with E-state index in [2.05, 4.69) is 51.3 Å². The minimum absolute atomic E-state index is 0.0993. The molecule has 0 bridgehead atoms. The number of rotatable bonds is 7. The predicted octanol–water partition coefficient (Wildman–Crippen LogP) is 1.04. The molecule has 1 amide bonds. The quantitative estimate of drug-likeness (QED) is 0.661. The molecule has 2 aromatic rings. The number of amides is 1. The van der Waals surface area contributed by atoms with Crippen molar-refractivity contribution >= 4 is 17.4 Å². The van der Waals surface area contributed by atoms with E-state index in [0.717, 1.165) is 37.6 Å². The Hall–Kier alpha value is -2.64. The standard InChI is InChI=1S/C21H29N5O2/c1-16-5-2-3-7-19(16)25-10-12-26(13-11-25)20-17(6-4-9-23-20)15-24-21(28)18(22)8-14-27/h2-7,9,18,27H,8,10-15,22H2,1H3,(H,24,28)/t18-/m0/s1. The monoisotopic (exact) mass is 383 g/mol. The van der Waals surface area contributed by atoms with Gasteiger partial charge in [0.2, 0.25) is 5.91 Å². The highest BCUT2D eigenvalue weighted by molar-refractivity contribution is 5.81. The van der Waals surface area contributed by atoms with E-state index in [9.17, 15) is 4.79 Å². The normalized spacial score (nSPS) is 15.4. The average molecular weight is 383 g/mol. The van der Waals surface area contributed by atoms with Gasteiger partial charge in [0.05, 0.1) is 6.04 Å². The molecule has 7 heteroatoms. The third kappa shape index (κ3) is 4.79. The van der Waals surface area contributed by atoms with Crippen molar-refractivity contribution in [2.24, 2.45) is 5.73 Å². The molecular weight excluding hydrogens is 354 g/mol. The lowest BCUT2D eigenvalue weighted by Gasteiger charge is -2.38. The van der Waals surface area contributed by atoms with Gasteiger partial charge >= 0.3 is 0 Å². The number of carbonyl (C=O) groups excluding carboxylic acids is 1. The summed E-state index contributed by atoms with van der Waals surface area (Å²) < 4.78 is 0. The van der Waals surface area contributed by atoms with Crippen LogP contribution in [0, 0.1) is 6.92 Å². The van der Waals surface area contributed by atoms with Crippen LogP contribution in [-0.4, -0.2) is 54.8 Å². The highest BCUT2D eigenvalue weighted by atomic mass is 16.3. The van der Waals surface area contributed by atoms with Gasteiger partial charge in [-0.25, -0.2) is 4.98 Å². The Morgan fingerprint density at radius 1 is 1.18 bits per heavy atom. The predicted molar refractivity (Wildman–Crippen MR) is 111 cm³/mol. The number of pyridine rings is 1. The number of nitrogens with zero attached hydrogens (tertiary/aromatic N) is 3. The van der Waals surface area contributed by atoms with E-state index in [4.69, 9.17) is 10.8 Å². The summed E-state index contributed by atoms with van der Waals surface area (Å²) in [6.07, 6.45) is 2.04. The second kappa shape index (κ2) is 9.52. The molecule has 1 fully saturated rings. The molecule has 28 heavy (non-hydrogen) atoms. The zero-order chi connectivity index (χ0) is 19.9. The van der Waals surface area contributed by atoms with Crippen LogP contribution < -0.4 is 20.9 Å². The van der Waals surface area contributed by atoms with Gasteiger partial charge in [-0.05, 0) is 31.0 Å². The number of aliphatic hydroxyl groups excluding tert-OH is 1.